The lowest BCUT2D eigenvalue weighted by atomic mass is 10.1. The first kappa shape index (κ1) is 25.4. The summed E-state index contributed by atoms with van der Waals surface area (Å²) in [5.74, 6) is 1.04. The van der Waals surface area contributed by atoms with Crippen molar-refractivity contribution in [3.05, 3.63) is 58.5 Å². The number of carbonyl (C=O) groups is 2. The number of nitrogens with one attached hydrogen (secondary N) is 1. The van der Waals surface area contributed by atoms with Crippen molar-refractivity contribution >= 4 is 34.0 Å². The molecule has 3 N–H and O–H groups in total. The molecule has 2 heterocycles. The van der Waals surface area contributed by atoms with Crippen molar-refractivity contribution in [1.29, 1.82) is 0 Å². The van der Waals surface area contributed by atoms with Gasteiger partial charge in [0.2, 0.25) is 11.8 Å². The third-order valence-electron chi connectivity index (χ3n) is 6.51. The van der Waals surface area contributed by atoms with Crippen LogP contribution in [0.2, 0.25) is 0 Å². The summed E-state index contributed by atoms with van der Waals surface area (Å²) >= 11 is 1.46. The van der Waals surface area contributed by atoms with Gasteiger partial charge in [-0.25, -0.2) is 4.98 Å². The summed E-state index contributed by atoms with van der Waals surface area (Å²) in [7, 11) is 0. The first-order valence-electron chi connectivity index (χ1n) is 12.7. The normalized spacial score (nSPS) is 14.5. The Morgan fingerprint density at radius 3 is 2.84 bits per heavy atom. The van der Waals surface area contributed by atoms with E-state index in [-0.39, 0.29) is 24.2 Å². The van der Waals surface area contributed by atoms with Gasteiger partial charge < -0.3 is 25.4 Å². The fourth-order valence-electron chi connectivity index (χ4n) is 4.54. The zero-order valence-electron chi connectivity index (χ0n) is 21.0. The van der Waals surface area contributed by atoms with Crippen LogP contribution in [0.15, 0.2) is 42.5 Å². The van der Waals surface area contributed by atoms with E-state index in [1.807, 2.05) is 48.2 Å². The molecule has 1 saturated carbocycles. The number of benzene rings is 2. The van der Waals surface area contributed by atoms with Crippen molar-refractivity contribution in [1.82, 2.24) is 4.98 Å². The molecule has 0 bridgehead atoms. The quantitative estimate of drug-likeness (QED) is 0.371. The van der Waals surface area contributed by atoms with E-state index in [2.05, 4.69) is 11.4 Å². The molecule has 0 atom stereocenters. The highest BCUT2D eigenvalue weighted by Gasteiger charge is 2.36. The Morgan fingerprint density at radius 2 is 2.03 bits per heavy atom. The average Bonchev–Trinajstić information content (AvgIpc) is 3.56. The van der Waals surface area contributed by atoms with Crippen LogP contribution >= 0.6 is 11.3 Å². The number of nitrogens with zero attached hydrogens (tertiary/aromatic N) is 2. The van der Waals surface area contributed by atoms with E-state index in [0.29, 0.717) is 37.2 Å². The van der Waals surface area contributed by atoms with Crippen LogP contribution in [0.25, 0.3) is 11.3 Å². The monoisotopic (exact) mass is 520 g/mol. The summed E-state index contributed by atoms with van der Waals surface area (Å²) in [6.07, 6.45) is 3.11. The number of rotatable bonds is 11. The summed E-state index contributed by atoms with van der Waals surface area (Å²) in [4.78, 5) is 33.0. The SMILES string of the molecule is Cc1sc(NC(=O)Cc2cccc(OCCOCCN)c2)nc1-c1ccc2c(c1)CCN2C(=O)C1CC1. The van der Waals surface area contributed by atoms with Gasteiger partial charge in [0.05, 0.1) is 25.3 Å². The first-order valence-corrected chi connectivity index (χ1v) is 13.5. The first-order chi connectivity index (χ1) is 18.0. The Hall–Kier alpha value is -3.27. The lowest BCUT2D eigenvalue weighted by molar-refractivity contribution is -0.119. The summed E-state index contributed by atoms with van der Waals surface area (Å²) < 4.78 is 11.0. The zero-order valence-corrected chi connectivity index (χ0v) is 21.8. The second-order valence-corrected chi connectivity index (χ2v) is 10.6. The highest BCUT2D eigenvalue weighted by atomic mass is 32.1. The molecule has 0 spiro atoms. The van der Waals surface area contributed by atoms with Crippen molar-refractivity contribution in [2.75, 3.05) is 43.1 Å². The van der Waals surface area contributed by atoms with Crippen molar-refractivity contribution < 1.29 is 19.1 Å². The molecule has 1 aliphatic carbocycles. The smallest absolute Gasteiger partial charge is 0.230 e. The molecule has 9 heteroatoms. The lowest BCUT2D eigenvalue weighted by Gasteiger charge is -2.17. The summed E-state index contributed by atoms with van der Waals surface area (Å²) in [5.41, 5.74) is 10.3. The summed E-state index contributed by atoms with van der Waals surface area (Å²) in [6.45, 7) is 4.65. The van der Waals surface area contributed by atoms with Crippen LogP contribution in [0.5, 0.6) is 5.75 Å². The van der Waals surface area contributed by atoms with Gasteiger partial charge in [0, 0.05) is 35.1 Å². The van der Waals surface area contributed by atoms with Gasteiger partial charge in [-0.15, -0.1) is 11.3 Å². The number of fused-ring (bicyclic) bond motifs is 1. The van der Waals surface area contributed by atoms with Gasteiger partial charge in [-0.05, 0) is 61.6 Å². The van der Waals surface area contributed by atoms with Crippen LogP contribution in [0.3, 0.4) is 0 Å². The molecule has 3 aromatic rings. The molecule has 1 aromatic heterocycles. The van der Waals surface area contributed by atoms with Gasteiger partial charge in [-0.3, -0.25) is 9.59 Å². The molecule has 8 nitrogen and oxygen atoms in total. The van der Waals surface area contributed by atoms with Gasteiger partial charge in [0.15, 0.2) is 5.13 Å². The minimum atomic E-state index is -0.132. The molecular weight excluding hydrogens is 488 g/mol. The van der Waals surface area contributed by atoms with Crippen LogP contribution in [0, 0.1) is 12.8 Å². The standard InChI is InChI=1S/C28H32N4O4S/c1-18-26(22-7-8-24-21(17-22)9-11-32(24)27(34)20-5-6-20)31-28(37-18)30-25(33)16-19-3-2-4-23(15-19)36-14-13-35-12-10-29/h2-4,7-8,15,17,20H,5-6,9-14,16,29H2,1H3,(H,30,31,33). The van der Waals surface area contributed by atoms with Gasteiger partial charge in [0.25, 0.3) is 0 Å². The molecule has 37 heavy (non-hydrogen) atoms. The Balaban J connectivity index is 1.19. The predicted molar refractivity (Wildman–Crippen MR) is 145 cm³/mol. The molecule has 1 aliphatic heterocycles. The summed E-state index contributed by atoms with van der Waals surface area (Å²) in [5, 5.41) is 3.52. The molecule has 2 amide bonds. The van der Waals surface area contributed by atoms with Crippen LogP contribution in [-0.4, -0.2) is 49.7 Å². The minimum absolute atomic E-state index is 0.132. The van der Waals surface area contributed by atoms with E-state index in [4.69, 9.17) is 20.2 Å². The van der Waals surface area contributed by atoms with E-state index in [0.717, 1.165) is 53.2 Å². The molecule has 0 radical (unpaired) electrons. The molecule has 1 fully saturated rings. The van der Waals surface area contributed by atoms with Crippen LogP contribution in [0.1, 0.15) is 28.8 Å². The number of amides is 2. The number of anilines is 2. The van der Waals surface area contributed by atoms with Gasteiger partial charge in [0.1, 0.15) is 12.4 Å². The maximum absolute atomic E-state index is 12.7. The van der Waals surface area contributed by atoms with Crippen molar-refractivity contribution in [2.24, 2.45) is 11.7 Å². The van der Waals surface area contributed by atoms with Crippen molar-refractivity contribution in [2.45, 2.75) is 32.6 Å². The number of thiazole rings is 1. The largest absolute Gasteiger partial charge is 0.491 e. The van der Waals surface area contributed by atoms with E-state index in [9.17, 15) is 9.59 Å². The number of aryl methyl sites for hydroxylation is 1. The fourth-order valence-corrected chi connectivity index (χ4v) is 5.40. The topological polar surface area (TPSA) is 107 Å². The minimum Gasteiger partial charge on any atom is -0.491 e. The zero-order chi connectivity index (χ0) is 25.8. The fraction of sp³-hybridized carbons (Fsp3) is 0.393. The third kappa shape index (κ3) is 6.18. The maximum atomic E-state index is 12.7. The molecule has 5 rings (SSSR count). The molecular formula is C28H32N4O4S. The predicted octanol–water partition coefficient (Wildman–Crippen LogP) is 3.95. The number of hydrogen-bond donors (Lipinski definition) is 2. The van der Waals surface area contributed by atoms with E-state index in [1.54, 1.807) is 0 Å². The van der Waals surface area contributed by atoms with E-state index >= 15 is 0 Å². The average molecular weight is 521 g/mol. The Labute approximate surface area is 220 Å². The molecule has 2 aliphatic rings. The highest BCUT2D eigenvalue weighted by Crippen LogP contribution is 2.39. The van der Waals surface area contributed by atoms with Crippen molar-refractivity contribution in [3.63, 3.8) is 0 Å². The van der Waals surface area contributed by atoms with Crippen LogP contribution in [-0.2, 0) is 27.2 Å². The second-order valence-electron chi connectivity index (χ2n) is 9.40. The second kappa shape index (κ2) is 11.4. The maximum Gasteiger partial charge on any atom is 0.230 e. The van der Waals surface area contributed by atoms with E-state index < -0.39 is 0 Å². The number of carbonyl (C=O) groups excluding carboxylic acids is 2. The summed E-state index contributed by atoms with van der Waals surface area (Å²) in [6, 6.07) is 13.7. The molecule has 194 valence electrons. The lowest BCUT2D eigenvalue weighted by Crippen LogP contribution is -2.30. The number of aromatic nitrogens is 1. The Kier molecular flexibility index (Phi) is 7.83. The van der Waals surface area contributed by atoms with Crippen LogP contribution < -0.4 is 20.7 Å². The van der Waals surface area contributed by atoms with Crippen LogP contribution in [0.4, 0.5) is 10.8 Å². The Morgan fingerprint density at radius 1 is 1.16 bits per heavy atom. The van der Waals surface area contributed by atoms with Gasteiger partial charge >= 0.3 is 0 Å². The highest BCUT2D eigenvalue weighted by molar-refractivity contribution is 7.16. The van der Waals surface area contributed by atoms with Gasteiger partial charge in [-0.2, -0.15) is 0 Å². The number of ether oxygens (including phenoxy) is 2. The van der Waals surface area contributed by atoms with E-state index in [1.165, 1.54) is 16.9 Å². The third-order valence-corrected chi connectivity index (χ3v) is 7.39. The number of hydrogen-bond acceptors (Lipinski definition) is 7. The van der Waals surface area contributed by atoms with Gasteiger partial charge in [-0.1, -0.05) is 18.2 Å². The number of nitrogens with two attached hydrogens (primary N) is 1. The molecule has 0 saturated heterocycles. The molecule has 0 unspecified atom stereocenters. The Bertz CT molecular complexity index is 1290. The molecule has 2 aromatic carbocycles. The van der Waals surface area contributed by atoms with Crippen molar-refractivity contribution in [3.8, 4) is 17.0 Å².